The molecule has 3 aliphatic heterocycles. The molecule has 0 bridgehead atoms. The lowest BCUT2D eigenvalue weighted by atomic mass is 10.0. The third kappa shape index (κ3) is 3.54. The Morgan fingerprint density at radius 3 is 2.38 bits per heavy atom. The molecular weight excluding hydrogens is 373 g/mol. The maximum absolute atomic E-state index is 13.2. The summed E-state index contributed by atoms with van der Waals surface area (Å²) in [6, 6.07) is 9.92. The summed E-state index contributed by atoms with van der Waals surface area (Å²) in [5.41, 5.74) is 7.82. The molecule has 3 saturated heterocycles. The van der Waals surface area contributed by atoms with Gasteiger partial charge >= 0.3 is 6.03 Å². The normalized spacial score (nSPS) is 24.4. The zero-order valence-corrected chi connectivity index (χ0v) is 16.1. The number of nitrogen functional groups attached to an aromatic ring is 1. The SMILES string of the molecule is Nc1ccc(-c2ccc(F)cc2)nc1NC(=O)N1CC2CN(C3COC3)CC2C1. The molecule has 152 valence electrons. The monoisotopic (exact) mass is 397 g/mol. The van der Waals surface area contributed by atoms with Gasteiger partial charge in [-0.05, 0) is 48.2 Å². The lowest BCUT2D eigenvalue weighted by molar-refractivity contribution is -0.0597. The summed E-state index contributed by atoms with van der Waals surface area (Å²) < 4.78 is 18.5. The number of rotatable bonds is 3. The molecule has 3 N–H and O–H groups in total. The largest absolute Gasteiger partial charge is 0.396 e. The predicted octanol–water partition coefficient (Wildman–Crippen LogP) is 2.26. The zero-order chi connectivity index (χ0) is 20.0. The van der Waals surface area contributed by atoms with Crippen LogP contribution in [0.2, 0.25) is 0 Å². The number of likely N-dealkylation sites (tertiary alicyclic amines) is 2. The third-order valence-electron chi connectivity index (χ3n) is 6.23. The zero-order valence-electron chi connectivity index (χ0n) is 16.1. The minimum atomic E-state index is -0.305. The van der Waals surface area contributed by atoms with E-state index in [4.69, 9.17) is 10.5 Å². The summed E-state index contributed by atoms with van der Waals surface area (Å²) in [6.07, 6.45) is 0. The molecule has 0 radical (unpaired) electrons. The molecule has 0 saturated carbocycles. The average molecular weight is 397 g/mol. The van der Waals surface area contributed by atoms with Gasteiger partial charge in [-0.3, -0.25) is 10.2 Å². The minimum Gasteiger partial charge on any atom is -0.396 e. The molecule has 7 nitrogen and oxygen atoms in total. The summed E-state index contributed by atoms with van der Waals surface area (Å²) in [6.45, 7) is 5.22. The van der Waals surface area contributed by atoms with Crippen LogP contribution in [0.5, 0.6) is 0 Å². The first kappa shape index (κ1) is 18.3. The Balaban J connectivity index is 1.24. The number of ether oxygens (including phenoxy) is 1. The standard InChI is InChI=1S/C21H24FN5O2/c22-16-3-1-13(2-4-16)19-6-5-18(23)20(24-19)25-21(28)27-9-14-7-26(8-15(14)10-27)17-11-29-12-17/h1-6,14-15,17H,7-12,23H2,(H,24,25,28). The van der Waals surface area contributed by atoms with Crippen molar-refractivity contribution >= 4 is 17.5 Å². The number of hydrogen-bond acceptors (Lipinski definition) is 5. The second-order valence-corrected chi connectivity index (χ2v) is 8.14. The van der Waals surface area contributed by atoms with Crippen molar-refractivity contribution in [3.63, 3.8) is 0 Å². The minimum absolute atomic E-state index is 0.173. The summed E-state index contributed by atoms with van der Waals surface area (Å²) in [7, 11) is 0. The molecule has 5 rings (SSSR count). The van der Waals surface area contributed by atoms with Gasteiger partial charge in [-0.1, -0.05) is 0 Å². The van der Waals surface area contributed by atoms with Crippen molar-refractivity contribution in [1.29, 1.82) is 0 Å². The molecule has 1 aromatic carbocycles. The number of benzene rings is 1. The summed E-state index contributed by atoms with van der Waals surface area (Å²) in [4.78, 5) is 21.6. The molecule has 3 aliphatic rings. The Morgan fingerprint density at radius 1 is 1.07 bits per heavy atom. The number of carbonyl (C=O) groups is 1. The number of halogens is 1. The van der Waals surface area contributed by atoms with Crippen molar-refractivity contribution in [2.45, 2.75) is 6.04 Å². The van der Waals surface area contributed by atoms with Crippen LogP contribution in [0, 0.1) is 17.7 Å². The fraction of sp³-hybridized carbons (Fsp3) is 0.429. The van der Waals surface area contributed by atoms with E-state index in [0.717, 1.165) is 45.0 Å². The van der Waals surface area contributed by atoms with Crippen molar-refractivity contribution < 1.29 is 13.9 Å². The van der Waals surface area contributed by atoms with Crippen LogP contribution in [0.25, 0.3) is 11.3 Å². The van der Waals surface area contributed by atoms with E-state index >= 15 is 0 Å². The number of nitrogens with one attached hydrogen (secondary N) is 1. The average Bonchev–Trinajstić information content (AvgIpc) is 3.22. The van der Waals surface area contributed by atoms with E-state index in [2.05, 4.69) is 15.2 Å². The number of nitrogens with zero attached hydrogens (tertiary/aromatic N) is 3. The molecule has 4 heterocycles. The van der Waals surface area contributed by atoms with Crippen molar-refractivity contribution in [3.8, 4) is 11.3 Å². The van der Waals surface area contributed by atoms with E-state index < -0.39 is 0 Å². The summed E-state index contributed by atoms with van der Waals surface area (Å²) >= 11 is 0. The number of pyridine rings is 1. The van der Waals surface area contributed by atoms with Gasteiger partial charge < -0.3 is 15.4 Å². The second-order valence-electron chi connectivity index (χ2n) is 8.14. The van der Waals surface area contributed by atoms with Gasteiger partial charge in [0, 0.05) is 31.7 Å². The van der Waals surface area contributed by atoms with Crippen molar-refractivity contribution in [3.05, 3.63) is 42.2 Å². The Labute approximate surface area is 168 Å². The van der Waals surface area contributed by atoms with Crippen LogP contribution in [-0.4, -0.2) is 66.2 Å². The van der Waals surface area contributed by atoms with Crippen molar-refractivity contribution in [2.24, 2.45) is 11.8 Å². The van der Waals surface area contributed by atoms with Gasteiger partial charge in [-0.25, -0.2) is 14.2 Å². The molecule has 29 heavy (non-hydrogen) atoms. The highest BCUT2D eigenvalue weighted by Crippen LogP contribution is 2.34. The maximum Gasteiger partial charge on any atom is 0.323 e. The van der Waals surface area contributed by atoms with E-state index in [0.29, 0.717) is 35.1 Å². The van der Waals surface area contributed by atoms with Crippen LogP contribution in [-0.2, 0) is 4.74 Å². The van der Waals surface area contributed by atoms with Crippen LogP contribution in [0.15, 0.2) is 36.4 Å². The fourth-order valence-corrected chi connectivity index (χ4v) is 4.46. The highest BCUT2D eigenvalue weighted by Gasteiger charge is 2.44. The molecule has 8 heteroatoms. The molecule has 2 atom stereocenters. The van der Waals surface area contributed by atoms with Crippen LogP contribution >= 0.6 is 0 Å². The second kappa shape index (κ2) is 7.27. The van der Waals surface area contributed by atoms with Crippen LogP contribution < -0.4 is 11.1 Å². The first-order valence-corrected chi connectivity index (χ1v) is 9.97. The predicted molar refractivity (Wildman–Crippen MR) is 108 cm³/mol. The topological polar surface area (TPSA) is 83.7 Å². The Morgan fingerprint density at radius 2 is 1.76 bits per heavy atom. The summed E-state index contributed by atoms with van der Waals surface area (Å²) in [5.74, 6) is 1.05. The van der Waals surface area contributed by atoms with Gasteiger partial charge in [-0.15, -0.1) is 0 Å². The first-order chi connectivity index (χ1) is 14.1. The van der Waals surface area contributed by atoms with E-state index in [-0.39, 0.29) is 11.8 Å². The number of urea groups is 1. The van der Waals surface area contributed by atoms with E-state index in [9.17, 15) is 9.18 Å². The van der Waals surface area contributed by atoms with E-state index in [1.54, 1.807) is 24.3 Å². The molecule has 2 aromatic rings. The van der Waals surface area contributed by atoms with E-state index in [1.165, 1.54) is 12.1 Å². The molecule has 3 fully saturated rings. The number of nitrogens with two attached hydrogens (primary N) is 1. The Hall–Kier alpha value is -2.71. The van der Waals surface area contributed by atoms with Gasteiger partial charge in [0.15, 0.2) is 5.82 Å². The first-order valence-electron chi connectivity index (χ1n) is 9.97. The number of carbonyl (C=O) groups excluding carboxylic acids is 1. The quantitative estimate of drug-likeness (QED) is 0.830. The van der Waals surface area contributed by atoms with Gasteiger partial charge in [0.05, 0.1) is 30.6 Å². The number of aromatic nitrogens is 1. The molecule has 0 spiro atoms. The molecule has 0 aliphatic carbocycles. The molecule has 2 amide bonds. The van der Waals surface area contributed by atoms with Crippen LogP contribution in [0.1, 0.15) is 0 Å². The number of hydrogen-bond donors (Lipinski definition) is 2. The van der Waals surface area contributed by atoms with Gasteiger partial charge in [0.25, 0.3) is 0 Å². The lowest BCUT2D eigenvalue weighted by Crippen LogP contribution is -2.49. The fourth-order valence-electron chi connectivity index (χ4n) is 4.46. The lowest BCUT2D eigenvalue weighted by Gasteiger charge is -2.35. The molecule has 1 aromatic heterocycles. The highest BCUT2D eigenvalue weighted by atomic mass is 19.1. The number of anilines is 2. The smallest absolute Gasteiger partial charge is 0.323 e. The Kier molecular flexibility index (Phi) is 4.60. The van der Waals surface area contributed by atoms with Crippen LogP contribution in [0.4, 0.5) is 20.7 Å². The Bertz CT molecular complexity index is 904. The van der Waals surface area contributed by atoms with Gasteiger partial charge in [0.2, 0.25) is 0 Å². The highest BCUT2D eigenvalue weighted by molar-refractivity contribution is 5.92. The third-order valence-corrected chi connectivity index (χ3v) is 6.23. The van der Waals surface area contributed by atoms with Crippen LogP contribution in [0.3, 0.4) is 0 Å². The number of amides is 2. The molecule has 2 unspecified atom stereocenters. The van der Waals surface area contributed by atoms with Crippen molar-refractivity contribution in [2.75, 3.05) is 50.4 Å². The van der Waals surface area contributed by atoms with E-state index in [1.807, 2.05) is 4.90 Å². The number of fused-ring (bicyclic) bond motifs is 1. The van der Waals surface area contributed by atoms with Gasteiger partial charge in [-0.2, -0.15) is 0 Å². The van der Waals surface area contributed by atoms with Gasteiger partial charge in [0.1, 0.15) is 5.82 Å². The van der Waals surface area contributed by atoms with Crippen molar-refractivity contribution in [1.82, 2.24) is 14.8 Å². The molecular formula is C21H24FN5O2. The summed E-state index contributed by atoms with van der Waals surface area (Å²) in [5, 5.41) is 2.86. The maximum atomic E-state index is 13.2.